The maximum absolute atomic E-state index is 12.8. The van der Waals surface area contributed by atoms with Gasteiger partial charge in [-0.15, -0.1) is 0 Å². The molecule has 27 heavy (non-hydrogen) atoms. The van der Waals surface area contributed by atoms with Crippen LogP contribution in [0.25, 0.3) is 0 Å². The SMILES string of the molecule is CS(=O)(=O)N[C@@H](CC(=O)Nc1cccc(C(F)(F)F)c1)c1ccc(Cl)cc1. The van der Waals surface area contributed by atoms with Crippen LogP contribution in [0.2, 0.25) is 5.02 Å². The molecule has 0 heterocycles. The highest BCUT2D eigenvalue weighted by atomic mass is 35.5. The monoisotopic (exact) mass is 420 g/mol. The Bertz CT molecular complexity index is 916. The summed E-state index contributed by atoms with van der Waals surface area (Å²) in [5.41, 5.74) is -0.447. The second-order valence-corrected chi connectivity index (χ2v) is 8.04. The molecule has 2 N–H and O–H groups in total. The first-order chi connectivity index (χ1) is 12.4. The molecule has 0 unspecified atom stereocenters. The number of anilines is 1. The van der Waals surface area contributed by atoms with E-state index in [-0.39, 0.29) is 12.1 Å². The Morgan fingerprint density at radius 3 is 2.33 bits per heavy atom. The molecule has 10 heteroatoms. The van der Waals surface area contributed by atoms with Gasteiger partial charge in [0.05, 0.1) is 17.9 Å². The number of nitrogens with one attached hydrogen (secondary N) is 2. The van der Waals surface area contributed by atoms with Crippen LogP contribution in [0.5, 0.6) is 0 Å². The number of benzene rings is 2. The minimum absolute atomic E-state index is 0.0379. The number of amides is 1. The predicted octanol–water partition coefficient (Wildman–Crippen LogP) is 3.98. The summed E-state index contributed by atoms with van der Waals surface area (Å²) in [4.78, 5) is 12.3. The smallest absolute Gasteiger partial charge is 0.326 e. The van der Waals surface area contributed by atoms with Gasteiger partial charge in [0.15, 0.2) is 0 Å². The third kappa shape index (κ3) is 6.85. The maximum atomic E-state index is 12.8. The highest BCUT2D eigenvalue weighted by Crippen LogP contribution is 2.31. The molecule has 0 aliphatic heterocycles. The van der Waals surface area contributed by atoms with Gasteiger partial charge in [-0.3, -0.25) is 4.79 Å². The zero-order valence-electron chi connectivity index (χ0n) is 14.0. The van der Waals surface area contributed by atoms with Crippen LogP contribution in [0.1, 0.15) is 23.6 Å². The van der Waals surface area contributed by atoms with Crippen LogP contribution in [0.3, 0.4) is 0 Å². The van der Waals surface area contributed by atoms with Gasteiger partial charge in [0, 0.05) is 17.1 Å². The van der Waals surface area contributed by atoms with Crippen LogP contribution in [0.15, 0.2) is 48.5 Å². The number of sulfonamides is 1. The molecule has 0 aliphatic rings. The molecule has 0 saturated heterocycles. The van der Waals surface area contributed by atoms with Crippen molar-refractivity contribution in [3.63, 3.8) is 0 Å². The second kappa shape index (κ2) is 8.28. The van der Waals surface area contributed by atoms with Crippen LogP contribution in [0.4, 0.5) is 18.9 Å². The molecule has 0 saturated carbocycles. The van der Waals surface area contributed by atoms with E-state index < -0.39 is 33.7 Å². The Kier molecular flexibility index (Phi) is 6.50. The molecule has 0 bridgehead atoms. The Morgan fingerprint density at radius 2 is 1.78 bits per heavy atom. The first-order valence-electron chi connectivity index (χ1n) is 7.64. The summed E-state index contributed by atoms with van der Waals surface area (Å²) in [7, 11) is -3.64. The van der Waals surface area contributed by atoms with Crippen LogP contribution >= 0.6 is 11.6 Å². The van der Waals surface area contributed by atoms with E-state index >= 15 is 0 Å². The number of carbonyl (C=O) groups is 1. The number of alkyl halides is 3. The fraction of sp³-hybridized carbons (Fsp3) is 0.235. The first kappa shape index (κ1) is 21.2. The van der Waals surface area contributed by atoms with E-state index in [2.05, 4.69) is 10.0 Å². The zero-order valence-corrected chi connectivity index (χ0v) is 15.6. The number of hydrogen-bond acceptors (Lipinski definition) is 3. The summed E-state index contributed by atoms with van der Waals surface area (Å²) >= 11 is 5.80. The topological polar surface area (TPSA) is 75.3 Å². The molecule has 2 rings (SSSR count). The largest absolute Gasteiger partial charge is 0.416 e. The number of halogens is 4. The lowest BCUT2D eigenvalue weighted by Gasteiger charge is -2.18. The van der Waals surface area contributed by atoms with Gasteiger partial charge in [-0.05, 0) is 35.9 Å². The number of hydrogen-bond donors (Lipinski definition) is 2. The minimum Gasteiger partial charge on any atom is -0.326 e. The summed E-state index contributed by atoms with van der Waals surface area (Å²) in [6.07, 6.45) is -3.91. The highest BCUT2D eigenvalue weighted by molar-refractivity contribution is 7.88. The van der Waals surface area contributed by atoms with Gasteiger partial charge in [-0.25, -0.2) is 13.1 Å². The van der Waals surface area contributed by atoms with Gasteiger partial charge < -0.3 is 5.32 Å². The average molecular weight is 421 g/mol. The van der Waals surface area contributed by atoms with Crippen LogP contribution in [-0.2, 0) is 21.0 Å². The van der Waals surface area contributed by atoms with Crippen molar-refractivity contribution < 1.29 is 26.4 Å². The number of rotatable bonds is 6. The van der Waals surface area contributed by atoms with E-state index in [0.717, 1.165) is 18.4 Å². The third-order valence-corrected chi connectivity index (χ3v) is 4.46. The molecule has 0 aromatic heterocycles. The molecule has 1 atom stereocenters. The van der Waals surface area contributed by atoms with Crippen LogP contribution in [-0.4, -0.2) is 20.6 Å². The Hall–Kier alpha value is -2.10. The molecule has 5 nitrogen and oxygen atoms in total. The molecule has 2 aromatic carbocycles. The van der Waals surface area contributed by atoms with E-state index in [1.165, 1.54) is 12.1 Å². The lowest BCUT2D eigenvalue weighted by molar-refractivity contribution is -0.137. The lowest BCUT2D eigenvalue weighted by Crippen LogP contribution is -2.30. The van der Waals surface area contributed by atoms with Crippen molar-refractivity contribution >= 4 is 33.2 Å². The van der Waals surface area contributed by atoms with Gasteiger partial charge in [0.25, 0.3) is 0 Å². The van der Waals surface area contributed by atoms with Gasteiger partial charge in [-0.2, -0.15) is 13.2 Å². The fourth-order valence-electron chi connectivity index (χ4n) is 2.35. The summed E-state index contributed by atoms with van der Waals surface area (Å²) in [6, 6.07) is 9.47. The van der Waals surface area contributed by atoms with Gasteiger partial charge in [0.1, 0.15) is 0 Å². The molecule has 0 fully saturated rings. The second-order valence-electron chi connectivity index (χ2n) is 5.83. The summed E-state index contributed by atoms with van der Waals surface area (Å²) in [6.45, 7) is 0. The molecular weight excluding hydrogens is 405 g/mol. The highest BCUT2D eigenvalue weighted by Gasteiger charge is 2.30. The average Bonchev–Trinajstić information content (AvgIpc) is 2.53. The zero-order chi connectivity index (χ0) is 20.2. The van der Waals surface area contributed by atoms with Gasteiger partial charge in [-0.1, -0.05) is 29.8 Å². The summed E-state index contributed by atoms with van der Waals surface area (Å²) in [5.74, 6) is -0.648. The van der Waals surface area contributed by atoms with E-state index in [1.54, 1.807) is 24.3 Å². The van der Waals surface area contributed by atoms with E-state index in [4.69, 9.17) is 11.6 Å². The van der Waals surface area contributed by atoms with Crippen LogP contribution < -0.4 is 10.0 Å². The van der Waals surface area contributed by atoms with Crippen molar-refractivity contribution in [2.75, 3.05) is 11.6 Å². The van der Waals surface area contributed by atoms with Gasteiger partial charge >= 0.3 is 6.18 Å². The molecule has 0 aliphatic carbocycles. The molecule has 0 spiro atoms. The Morgan fingerprint density at radius 1 is 1.15 bits per heavy atom. The normalized spacial score (nSPS) is 13.2. The van der Waals surface area contributed by atoms with Crippen molar-refractivity contribution in [3.05, 3.63) is 64.7 Å². The van der Waals surface area contributed by atoms with E-state index in [9.17, 15) is 26.4 Å². The molecule has 2 aromatic rings. The van der Waals surface area contributed by atoms with Crippen molar-refractivity contribution in [3.8, 4) is 0 Å². The summed E-state index contributed by atoms with van der Waals surface area (Å²) < 4.78 is 63.8. The lowest BCUT2D eigenvalue weighted by atomic mass is 10.0. The Labute approximate surface area is 159 Å². The number of carbonyl (C=O) groups excluding carboxylic acids is 1. The predicted molar refractivity (Wildman–Crippen MR) is 96.9 cm³/mol. The molecule has 0 radical (unpaired) electrons. The van der Waals surface area contributed by atoms with E-state index in [0.29, 0.717) is 10.6 Å². The first-order valence-corrected chi connectivity index (χ1v) is 9.91. The minimum atomic E-state index is -4.54. The third-order valence-electron chi connectivity index (χ3n) is 3.49. The molecule has 146 valence electrons. The van der Waals surface area contributed by atoms with Crippen molar-refractivity contribution in [1.82, 2.24) is 4.72 Å². The fourth-order valence-corrected chi connectivity index (χ4v) is 3.21. The standard InChI is InChI=1S/C17H16ClF3N2O3S/c1-27(25,26)23-15(11-5-7-13(18)8-6-11)10-16(24)22-14-4-2-3-12(9-14)17(19,20)21/h2-9,15,23H,10H2,1H3,(H,22,24)/t15-/m0/s1. The van der Waals surface area contributed by atoms with Gasteiger partial charge in [0.2, 0.25) is 15.9 Å². The van der Waals surface area contributed by atoms with Crippen molar-refractivity contribution in [2.45, 2.75) is 18.6 Å². The van der Waals surface area contributed by atoms with Crippen LogP contribution in [0, 0.1) is 0 Å². The van der Waals surface area contributed by atoms with Crippen molar-refractivity contribution in [2.24, 2.45) is 0 Å². The van der Waals surface area contributed by atoms with E-state index in [1.807, 2.05) is 0 Å². The molecule has 1 amide bonds. The molecular formula is C17H16ClF3N2O3S. The quantitative estimate of drug-likeness (QED) is 0.742. The van der Waals surface area contributed by atoms with Crippen molar-refractivity contribution in [1.29, 1.82) is 0 Å². The maximum Gasteiger partial charge on any atom is 0.416 e. The Balaban J connectivity index is 2.17. The summed E-state index contributed by atoms with van der Waals surface area (Å²) in [5, 5.41) is 2.79.